The molecule has 248 valence electrons. The average Bonchev–Trinajstić information content (AvgIpc) is 3.08. The van der Waals surface area contributed by atoms with Crippen LogP contribution in [0.5, 0.6) is 0 Å². The van der Waals surface area contributed by atoms with Crippen LogP contribution < -0.4 is 21.9 Å². The van der Waals surface area contributed by atoms with Gasteiger partial charge in [-0.2, -0.15) is 0 Å². The zero-order chi connectivity index (χ0) is 32.3. The lowest BCUT2D eigenvalue weighted by molar-refractivity contribution is -0.538. The highest BCUT2D eigenvalue weighted by Crippen LogP contribution is 2.43. The summed E-state index contributed by atoms with van der Waals surface area (Å²) in [6, 6.07) is 12.2. The number of rotatable bonds is 7. The number of piperazine rings is 1. The van der Waals surface area contributed by atoms with Crippen molar-refractivity contribution in [1.82, 2.24) is 14.7 Å². The van der Waals surface area contributed by atoms with Crippen LogP contribution in [0.3, 0.4) is 0 Å². The molecule has 2 saturated heterocycles. The predicted molar refractivity (Wildman–Crippen MR) is 175 cm³/mol. The highest BCUT2D eigenvalue weighted by molar-refractivity contribution is 5.89. The third-order valence-electron chi connectivity index (χ3n) is 10.3. The van der Waals surface area contributed by atoms with Crippen LogP contribution in [0, 0.1) is 6.92 Å². The maximum atomic E-state index is 14.1. The molecule has 2 aromatic rings. The lowest BCUT2D eigenvalue weighted by Gasteiger charge is -2.44. The number of carbonyl (C=O) groups excluding carboxylic acids is 3. The number of likely N-dealkylation sites (tertiary alicyclic amines) is 1. The number of hydrazine groups is 1. The fourth-order valence-corrected chi connectivity index (χ4v) is 7.76. The molecule has 3 amide bonds. The molecule has 3 aliphatic heterocycles. The molecule has 1 spiro atoms. The van der Waals surface area contributed by atoms with Crippen LogP contribution in [-0.2, 0) is 26.3 Å². The number of nitrogens with zero attached hydrogens (tertiary/aromatic N) is 3. The van der Waals surface area contributed by atoms with Gasteiger partial charge < -0.3 is 30.0 Å². The predicted octanol–water partition coefficient (Wildman–Crippen LogP) is 3.18. The minimum absolute atomic E-state index is 0.160. The van der Waals surface area contributed by atoms with Gasteiger partial charge >= 0.3 is 12.2 Å². The Kier molecular flexibility index (Phi) is 9.67. The molecule has 2 aromatic carbocycles. The lowest BCUT2D eigenvalue weighted by Crippen LogP contribution is -2.73. The third-order valence-corrected chi connectivity index (χ3v) is 10.3. The van der Waals surface area contributed by atoms with Gasteiger partial charge in [0.15, 0.2) is 11.8 Å². The van der Waals surface area contributed by atoms with Crippen LogP contribution in [0.4, 0.5) is 26.7 Å². The zero-order valence-corrected chi connectivity index (χ0v) is 27.1. The van der Waals surface area contributed by atoms with E-state index < -0.39 is 23.9 Å². The normalized spacial score (nSPS) is 20.8. The maximum absolute atomic E-state index is 14.1. The van der Waals surface area contributed by atoms with Crippen LogP contribution in [0.1, 0.15) is 61.6 Å². The second kappa shape index (κ2) is 13.9. The number of amides is 3. The molecule has 12 heteroatoms. The molecule has 3 heterocycles. The summed E-state index contributed by atoms with van der Waals surface area (Å²) < 4.78 is 11.9. The topological polar surface area (TPSA) is 146 Å². The van der Waals surface area contributed by atoms with E-state index >= 15 is 0 Å². The van der Waals surface area contributed by atoms with Crippen molar-refractivity contribution < 1.29 is 29.2 Å². The number of quaternary nitrogens is 1. The van der Waals surface area contributed by atoms with Crippen LogP contribution in [0.25, 0.3) is 0 Å². The summed E-state index contributed by atoms with van der Waals surface area (Å²) >= 11 is 0. The molecular weight excluding hydrogens is 586 g/mol. The monoisotopic (exact) mass is 634 g/mol. The summed E-state index contributed by atoms with van der Waals surface area (Å²) in [6.45, 7) is 5.57. The van der Waals surface area contributed by atoms with Gasteiger partial charge in [-0.05, 0) is 37.0 Å². The van der Waals surface area contributed by atoms with Gasteiger partial charge in [-0.25, -0.2) is 9.59 Å². The molecule has 12 nitrogen and oxygen atoms in total. The van der Waals surface area contributed by atoms with Gasteiger partial charge in [0.05, 0.1) is 12.7 Å². The van der Waals surface area contributed by atoms with Crippen molar-refractivity contribution in [1.29, 1.82) is 0 Å². The summed E-state index contributed by atoms with van der Waals surface area (Å²) in [6.07, 6.45) is 5.49. The summed E-state index contributed by atoms with van der Waals surface area (Å²) in [4.78, 5) is 46.2. The van der Waals surface area contributed by atoms with E-state index in [1.54, 1.807) is 4.90 Å². The standard InChI is InChI=1S/C34H47N7O5/c1-23-20-24(21-28(36-2)30(23)38-35)22-29(31(42)40-18-16-39(17-19-40)25-8-4-3-5-9-25)45-33(44)41-14-12-34(13-15-41)26-10-6-7-11-27(26)37-32(43)46-34/h6-7,10-11,20-21,25,29,36,38H,3-5,8-9,12-19,22,35H2,1-2H3,(H,37,43)/p+1. The Balaban J connectivity index is 1.16. The molecule has 1 saturated carbocycles. The molecule has 4 aliphatic rings. The summed E-state index contributed by atoms with van der Waals surface area (Å²) in [5, 5.41) is 4.74. The SMILES string of the molecule is C[NH2+]c1cc(CC(OC(=O)N2CCC3(CC2)OC(=O)Nc2ccccc23)C(=O)N2CCN(C3CCCCC3)CC2)cc(C)c1NN. The van der Waals surface area contributed by atoms with Gasteiger partial charge in [-0.15, -0.1) is 0 Å². The molecule has 0 aromatic heterocycles. The third kappa shape index (κ3) is 6.65. The van der Waals surface area contributed by atoms with Gasteiger partial charge in [-0.3, -0.25) is 20.9 Å². The maximum Gasteiger partial charge on any atom is 0.412 e. The molecule has 6 N–H and O–H groups in total. The number of aryl methyl sites for hydroxylation is 1. The molecule has 3 fully saturated rings. The van der Waals surface area contributed by atoms with Crippen molar-refractivity contribution in [2.75, 3.05) is 57.1 Å². The van der Waals surface area contributed by atoms with E-state index in [0.29, 0.717) is 45.1 Å². The average molecular weight is 635 g/mol. The molecule has 0 radical (unpaired) electrons. The highest BCUT2D eigenvalue weighted by Gasteiger charge is 2.46. The fraction of sp³-hybridized carbons (Fsp3) is 0.559. The molecule has 1 unspecified atom stereocenters. The number of benzene rings is 2. The van der Waals surface area contributed by atoms with Crippen LogP contribution >= 0.6 is 0 Å². The number of piperidine rings is 1. The Morgan fingerprint density at radius 2 is 1.78 bits per heavy atom. The first-order valence-corrected chi connectivity index (χ1v) is 16.8. The molecule has 0 bridgehead atoms. The van der Waals surface area contributed by atoms with Gasteiger partial charge in [0.25, 0.3) is 5.91 Å². The van der Waals surface area contributed by atoms with E-state index in [-0.39, 0.29) is 12.3 Å². The summed E-state index contributed by atoms with van der Waals surface area (Å²) in [7, 11) is 1.94. The molecule has 1 atom stereocenters. The number of hydrogen-bond donors (Lipinski definition) is 4. The largest absolute Gasteiger partial charge is 0.438 e. The van der Waals surface area contributed by atoms with E-state index in [0.717, 1.165) is 46.8 Å². The summed E-state index contributed by atoms with van der Waals surface area (Å²) in [5.41, 5.74) is 7.22. The lowest BCUT2D eigenvalue weighted by atomic mass is 9.82. The van der Waals surface area contributed by atoms with Crippen LogP contribution in [0.15, 0.2) is 36.4 Å². The van der Waals surface area contributed by atoms with Gasteiger partial charge in [0.1, 0.15) is 11.3 Å². The Bertz CT molecular complexity index is 1430. The second-order valence-corrected chi connectivity index (χ2v) is 13.1. The number of nitrogen functional groups attached to an aromatic ring is 1. The number of para-hydroxylation sites is 1. The number of carbonyl (C=O) groups is 3. The van der Waals surface area contributed by atoms with Crippen LogP contribution in [0.2, 0.25) is 0 Å². The number of nitrogens with one attached hydrogen (secondary N) is 2. The second-order valence-electron chi connectivity index (χ2n) is 13.1. The smallest absolute Gasteiger partial charge is 0.412 e. The zero-order valence-electron chi connectivity index (χ0n) is 27.1. The van der Waals surface area contributed by atoms with E-state index in [2.05, 4.69) is 15.6 Å². The summed E-state index contributed by atoms with van der Waals surface area (Å²) in [5.74, 6) is 5.62. The number of ether oxygens (including phenoxy) is 2. The number of anilines is 2. The van der Waals surface area contributed by atoms with Gasteiger partial charge in [0.2, 0.25) is 0 Å². The first kappa shape index (κ1) is 32.1. The molecule has 6 rings (SSSR count). The first-order chi connectivity index (χ1) is 22.3. The van der Waals surface area contributed by atoms with E-state index in [9.17, 15) is 14.4 Å². The number of hydrogen-bond acceptors (Lipinski definition) is 8. The van der Waals surface area contributed by atoms with Gasteiger partial charge in [0, 0.05) is 76.2 Å². The Morgan fingerprint density at radius 3 is 2.48 bits per heavy atom. The van der Waals surface area contributed by atoms with Crippen molar-refractivity contribution in [3.63, 3.8) is 0 Å². The number of nitrogens with two attached hydrogens (primary N) is 2. The fourth-order valence-electron chi connectivity index (χ4n) is 7.76. The van der Waals surface area contributed by atoms with E-state index in [4.69, 9.17) is 15.3 Å². The first-order valence-electron chi connectivity index (χ1n) is 16.8. The number of fused-ring (bicyclic) bond motifs is 2. The minimum Gasteiger partial charge on any atom is -0.438 e. The molecule has 46 heavy (non-hydrogen) atoms. The van der Waals surface area contributed by atoms with Crippen molar-refractivity contribution in [2.45, 2.75) is 76.0 Å². The highest BCUT2D eigenvalue weighted by atomic mass is 16.6. The van der Waals surface area contributed by atoms with E-state index in [1.165, 1.54) is 32.1 Å². The van der Waals surface area contributed by atoms with Gasteiger partial charge in [-0.1, -0.05) is 43.5 Å². The Morgan fingerprint density at radius 1 is 1.07 bits per heavy atom. The molecular formula is C34H48N7O5+. The molecule has 1 aliphatic carbocycles. The van der Waals surface area contributed by atoms with Crippen molar-refractivity contribution in [3.8, 4) is 0 Å². The Labute approximate surface area is 270 Å². The van der Waals surface area contributed by atoms with Crippen LogP contribution in [-0.4, -0.2) is 91.3 Å². The minimum atomic E-state index is -0.970. The van der Waals surface area contributed by atoms with Crippen molar-refractivity contribution >= 4 is 35.2 Å². The quantitative estimate of drug-likeness (QED) is 0.207. The Hall–Kier alpha value is -3.87. The van der Waals surface area contributed by atoms with Crippen molar-refractivity contribution in [3.05, 3.63) is 53.1 Å². The van der Waals surface area contributed by atoms with E-state index in [1.807, 2.05) is 60.6 Å². The van der Waals surface area contributed by atoms with Crippen molar-refractivity contribution in [2.24, 2.45) is 5.84 Å².